The molecule has 0 atom stereocenters. The number of thiazole rings is 1. The van der Waals surface area contributed by atoms with E-state index in [-0.39, 0.29) is 5.91 Å². The Labute approximate surface area is 163 Å². The molecule has 2 aromatic rings. The summed E-state index contributed by atoms with van der Waals surface area (Å²) in [6, 6.07) is 8.24. The van der Waals surface area contributed by atoms with E-state index in [9.17, 15) is 4.79 Å². The summed E-state index contributed by atoms with van der Waals surface area (Å²) >= 11 is 1.58. The molecule has 1 saturated heterocycles. The lowest BCUT2D eigenvalue weighted by atomic mass is 10.2. The second-order valence-corrected chi connectivity index (χ2v) is 8.00. The SMILES string of the molecule is COc1cccc(CN2CCc3nc(C(=O)N4CCOCC4)sc3CC2)c1. The molecule has 0 unspecified atom stereocenters. The molecule has 4 rings (SSSR count). The average Bonchev–Trinajstić information content (AvgIpc) is 3.04. The van der Waals surface area contributed by atoms with Gasteiger partial charge in [0.25, 0.3) is 5.91 Å². The van der Waals surface area contributed by atoms with Crippen molar-refractivity contribution in [1.82, 2.24) is 14.8 Å². The van der Waals surface area contributed by atoms with Crippen LogP contribution >= 0.6 is 11.3 Å². The Morgan fingerprint density at radius 1 is 1.22 bits per heavy atom. The molecule has 2 aliphatic heterocycles. The van der Waals surface area contributed by atoms with Gasteiger partial charge in [-0.05, 0) is 24.1 Å². The molecule has 0 radical (unpaired) electrons. The maximum absolute atomic E-state index is 12.7. The fraction of sp³-hybridized carbons (Fsp3) is 0.500. The highest BCUT2D eigenvalue weighted by Crippen LogP contribution is 2.25. The smallest absolute Gasteiger partial charge is 0.283 e. The number of hydrogen-bond donors (Lipinski definition) is 0. The van der Waals surface area contributed by atoms with Gasteiger partial charge in [0, 0.05) is 44.0 Å². The monoisotopic (exact) mass is 387 g/mol. The number of aromatic nitrogens is 1. The summed E-state index contributed by atoms with van der Waals surface area (Å²) in [5, 5.41) is 0.642. The molecule has 0 bridgehead atoms. The van der Waals surface area contributed by atoms with Gasteiger partial charge in [-0.3, -0.25) is 9.69 Å². The Morgan fingerprint density at radius 3 is 2.85 bits per heavy atom. The fourth-order valence-electron chi connectivity index (χ4n) is 3.59. The van der Waals surface area contributed by atoms with Gasteiger partial charge in [0.2, 0.25) is 0 Å². The molecular formula is C20H25N3O3S. The summed E-state index contributed by atoms with van der Waals surface area (Å²) in [7, 11) is 1.70. The van der Waals surface area contributed by atoms with E-state index >= 15 is 0 Å². The largest absolute Gasteiger partial charge is 0.497 e. The number of ether oxygens (including phenoxy) is 2. The molecule has 1 amide bonds. The molecule has 0 spiro atoms. The predicted molar refractivity (Wildman–Crippen MR) is 105 cm³/mol. The van der Waals surface area contributed by atoms with E-state index in [1.165, 1.54) is 10.4 Å². The highest BCUT2D eigenvalue weighted by atomic mass is 32.1. The summed E-state index contributed by atoms with van der Waals surface area (Å²) in [6.45, 7) is 5.42. The summed E-state index contributed by atoms with van der Waals surface area (Å²) < 4.78 is 10.7. The molecule has 3 heterocycles. The molecular weight excluding hydrogens is 362 g/mol. The quantitative estimate of drug-likeness (QED) is 0.805. The van der Waals surface area contributed by atoms with Crippen LogP contribution in [0.25, 0.3) is 0 Å². The van der Waals surface area contributed by atoms with Gasteiger partial charge in [-0.15, -0.1) is 11.3 Å². The van der Waals surface area contributed by atoms with Crippen LogP contribution in [0.4, 0.5) is 0 Å². The van der Waals surface area contributed by atoms with Crippen LogP contribution in [0.3, 0.4) is 0 Å². The Balaban J connectivity index is 1.39. The third-order valence-electron chi connectivity index (χ3n) is 5.12. The minimum absolute atomic E-state index is 0.0598. The number of rotatable bonds is 4. The maximum Gasteiger partial charge on any atom is 0.283 e. The van der Waals surface area contributed by atoms with Gasteiger partial charge in [0.05, 0.1) is 26.0 Å². The van der Waals surface area contributed by atoms with Crippen LogP contribution in [0.15, 0.2) is 24.3 Å². The number of morpholine rings is 1. The van der Waals surface area contributed by atoms with Gasteiger partial charge >= 0.3 is 0 Å². The van der Waals surface area contributed by atoms with Crippen molar-refractivity contribution >= 4 is 17.2 Å². The number of carbonyl (C=O) groups is 1. The molecule has 2 aliphatic rings. The van der Waals surface area contributed by atoms with Crippen LogP contribution in [0, 0.1) is 0 Å². The summed E-state index contributed by atoms with van der Waals surface area (Å²) in [6.07, 6.45) is 1.85. The van der Waals surface area contributed by atoms with Crippen molar-refractivity contribution in [2.24, 2.45) is 0 Å². The number of hydrogen-bond acceptors (Lipinski definition) is 6. The van der Waals surface area contributed by atoms with Crippen LogP contribution in [0.1, 0.15) is 25.9 Å². The lowest BCUT2D eigenvalue weighted by Crippen LogP contribution is -2.40. The Hall–Kier alpha value is -1.96. The topological polar surface area (TPSA) is 54.9 Å². The van der Waals surface area contributed by atoms with E-state index in [1.54, 1.807) is 18.4 Å². The zero-order valence-electron chi connectivity index (χ0n) is 15.6. The molecule has 144 valence electrons. The van der Waals surface area contributed by atoms with E-state index < -0.39 is 0 Å². The first-order valence-electron chi connectivity index (χ1n) is 9.44. The van der Waals surface area contributed by atoms with E-state index in [0.29, 0.717) is 31.3 Å². The highest BCUT2D eigenvalue weighted by Gasteiger charge is 2.25. The minimum atomic E-state index is 0.0598. The van der Waals surface area contributed by atoms with Crippen molar-refractivity contribution in [3.63, 3.8) is 0 Å². The fourth-order valence-corrected chi connectivity index (χ4v) is 4.65. The first kappa shape index (κ1) is 18.4. The van der Waals surface area contributed by atoms with Crippen molar-refractivity contribution in [2.75, 3.05) is 46.5 Å². The van der Waals surface area contributed by atoms with Crippen LogP contribution in [-0.4, -0.2) is 67.2 Å². The van der Waals surface area contributed by atoms with Crippen LogP contribution in [0.2, 0.25) is 0 Å². The van der Waals surface area contributed by atoms with Crippen molar-refractivity contribution in [3.05, 3.63) is 45.4 Å². The number of fused-ring (bicyclic) bond motifs is 1. The van der Waals surface area contributed by atoms with Gasteiger partial charge in [0.1, 0.15) is 5.75 Å². The van der Waals surface area contributed by atoms with E-state index in [1.807, 2.05) is 17.0 Å². The summed E-state index contributed by atoms with van der Waals surface area (Å²) in [5.74, 6) is 0.957. The molecule has 0 aliphatic carbocycles. The molecule has 0 N–H and O–H groups in total. The zero-order valence-corrected chi connectivity index (χ0v) is 16.5. The normalized spacial score (nSPS) is 18.0. The van der Waals surface area contributed by atoms with Gasteiger partial charge < -0.3 is 14.4 Å². The molecule has 7 heteroatoms. The number of methoxy groups -OCH3 is 1. The van der Waals surface area contributed by atoms with Gasteiger partial charge in [0.15, 0.2) is 5.01 Å². The van der Waals surface area contributed by atoms with E-state index in [0.717, 1.165) is 43.9 Å². The minimum Gasteiger partial charge on any atom is -0.497 e. The van der Waals surface area contributed by atoms with Crippen LogP contribution in [0.5, 0.6) is 5.75 Å². The van der Waals surface area contributed by atoms with Gasteiger partial charge in [-0.2, -0.15) is 0 Å². The average molecular weight is 388 g/mol. The predicted octanol–water partition coefficient (Wildman–Crippen LogP) is 2.22. The molecule has 0 saturated carbocycles. The first-order chi connectivity index (χ1) is 13.2. The third kappa shape index (κ3) is 4.31. The Bertz CT molecular complexity index is 776. The van der Waals surface area contributed by atoms with Crippen LogP contribution < -0.4 is 4.74 Å². The van der Waals surface area contributed by atoms with Crippen molar-refractivity contribution < 1.29 is 14.3 Å². The van der Waals surface area contributed by atoms with E-state index in [4.69, 9.17) is 14.5 Å². The summed E-state index contributed by atoms with van der Waals surface area (Å²) in [4.78, 5) is 22.9. The van der Waals surface area contributed by atoms with Crippen LogP contribution in [-0.2, 0) is 24.1 Å². The van der Waals surface area contributed by atoms with Gasteiger partial charge in [-0.25, -0.2) is 4.98 Å². The second-order valence-electron chi connectivity index (χ2n) is 6.92. The number of benzene rings is 1. The standard InChI is InChI=1S/C20H25N3O3S/c1-25-16-4-2-3-15(13-16)14-22-7-5-17-18(6-8-22)27-19(21-17)20(24)23-9-11-26-12-10-23/h2-4,13H,5-12,14H2,1H3. The number of amides is 1. The zero-order chi connectivity index (χ0) is 18.6. The third-order valence-corrected chi connectivity index (χ3v) is 6.27. The molecule has 1 aromatic carbocycles. The lowest BCUT2D eigenvalue weighted by Gasteiger charge is -2.25. The summed E-state index contributed by atoms with van der Waals surface area (Å²) in [5.41, 5.74) is 2.36. The Morgan fingerprint density at radius 2 is 2.04 bits per heavy atom. The molecule has 6 nitrogen and oxygen atoms in total. The van der Waals surface area contributed by atoms with Crippen molar-refractivity contribution in [1.29, 1.82) is 0 Å². The maximum atomic E-state index is 12.7. The molecule has 27 heavy (non-hydrogen) atoms. The lowest BCUT2D eigenvalue weighted by molar-refractivity contribution is 0.0302. The van der Waals surface area contributed by atoms with Crippen molar-refractivity contribution in [2.45, 2.75) is 19.4 Å². The van der Waals surface area contributed by atoms with Crippen molar-refractivity contribution in [3.8, 4) is 5.75 Å². The first-order valence-corrected chi connectivity index (χ1v) is 10.3. The second kappa shape index (κ2) is 8.37. The molecule has 1 fully saturated rings. The van der Waals surface area contributed by atoms with E-state index in [2.05, 4.69) is 17.0 Å². The highest BCUT2D eigenvalue weighted by molar-refractivity contribution is 7.13. The number of carbonyl (C=O) groups excluding carboxylic acids is 1. The Kier molecular flexibility index (Phi) is 5.71. The number of nitrogens with zero attached hydrogens (tertiary/aromatic N) is 3. The van der Waals surface area contributed by atoms with Gasteiger partial charge in [-0.1, -0.05) is 12.1 Å². The molecule has 1 aromatic heterocycles.